The molecule has 0 aliphatic carbocycles. The molecule has 3 aromatic heterocycles. The smallest absolute Gasteiger partial charge is 0.0528 e. The van der Waals surface area contributed by atoms with Gasteiger partial charge in [-0.3, -0.25) is 9.97 Å². The normalized spacial score (nSPS) is 14.3. The lowest BCUT2D eigenvalue weighted by Gasteiger charge is -2.14. The highest BCUT2D eigenvalue weighted by molar-refractivity contribution is 5.93. The van der Waals surface area contributed by atoms with Gasteiger partial charge in [0.1, 0.15) is 0 Å². The number of hydrogen-bond donors (Lipinski definition) is 0. The van der Waals surface area contributed by atoms with Gasteiger partial charge in [0.05, 0.1) is 5.52 Å². The van der Waals surface area contributed by atoms with Gasteiger partial charge in [0.25, 0.3) is 0 Å². The molecule has 1 aliphatic rings. The van der Waals surface area contributed by atoms with E-state index in [4.69, 9.17) is 0 Å². The Morgan fingerprint density at radius 1 is 0.867 bits per heavy atom. The molecular formula is C26H26N4. The fraction of sp³-hybridized carbons (Fsp3) is 0.231. The predicted octanol–water partition coefficient (Wildman–Crippen LogP) is 4.82. The van der Waals surface area contributed by atoms with Crippen LogP contribution in [0.25, 0.3) is 22.7 Å². The molecule has 0 fully saturated rings. The van der Waals surface area contributed by atoms with E-state index in [1.54, 1.807) is 0 Å². The van der Waals surface area contributed by atoms with Crippen molar-refractivity contribution < 1.29 is 0 Å². The van der Waals surface area contributed by atoms with Crippen LogP contribution in [0, 0.1) is 6.92 Å². The van der Waals surface area contributed by atoms with Crippen molar-refractivity contribution >= 4 is 22.7 Å². The zero-order chi connectivity index (χ0) is 20.5. The summed E-state index contributed by atoms with van der Waals surface area (Å²) in [5.41, 5.74) is 9.02. The number of nitrogens with zero attached hydrogens (tertiary/aromatic N) is 4. The maximum Gasteiger partial charge on any atom is 0.0528 e. The van der Waals surface area contributed by atoms with Crippen molar-refractivity contribution in [2.24, 2.45) is 0 Å². The second kappa shape index (κ2) is 7.88. The van der Waals surface area contributed by atoms with E-state index >= 15 is 0 Å². The van der Waals surface area contributed by atoms with Gasteiger partial charge in [-0.1, -0.05) is 11.6 Å². The molecule has 30 heavy (non-hydrogen) atoms. The fourth-order valence-electron chi connectivity index (χ4n) is 4.46. The van der Waals surface area contributed by atoms with E-state index < -0.39 is 0 Å². The van der Waals surface area contributed by atoms with Crippen LogP contribution in [0.1, 0.15) is 27.9 Å². The first-order chi connectivity index (χ1) is 14.7. The Labute approximate surface area is 177 Å². The number of benzene rings is 1. The molecule has 0 unspecified atom stereocenters. The quantitative estimate of drug-likeness (QED) is 0.500. The summed E-state index contributed by atoms with van der Waals surface area (Å²) < 4.78 is 2.43. The summed E-state index contributed by atoms with van der Waals surface area (Å²) in [5, 5.41) is 1.39. The minimum absolute atomic E-state index is 1.05. The maximum atomic E-state index is 4.22. The van der Waals surface area contributed by atoms with Crippen LogP contribution in [-0.4, -0.2) is 39.6 Å². The molecule has 0 saturated carbocycles. The fourth-order valence-corrected chi connectivity index (χ4v) is 4.46. The molecule has 1 aromatic carbocycles. The van der Waals surface area contributed by atoms with Crippen LogP contribution in [0.5, 0.6) is 0 Å². The zero-order valence-electron chi connectivity index (χ0n) is 17.5. The second-order valence-corrected chi connectivity index (χ2v) is 8.13. The van der Waals surface area contributed by atoms with Crippen molar-refractivity contribution in [1.29, 1.82) is 0 Å². The molecule has 5 rings (SSSR count). The molecule has 0 N–H and O–H groups in total. The van der Waals surface area contributed by atoms with Crippen LogP contribution < -0.4 is 0 Å². The third-order valence-electron chi connectivity index (χ3n) is 6.09. The summed E-state index contributed by atoms with van der Waals surface area (Å²) in [5.74, 6) is 0. The Morgan fingerprint density at radius 3 is 2.17 bits per heavy atom. The molecule has 0 spiro atoms. The summed E-state index contributed by atoms with van der Waals surface area (Å²) in [6.45, 7) is 4.36. The molecule has 4 heteroatoms. The van der Waals surface area contributed by atoms with Crippen molar-refractivity contribution in [3.63, 3.8) is 0 Å². The van der Waals surface area contributed by atoms with E-state index in [1.165, 1.54) is 33.3 Å². The Morgan fingerprint density at radius 2 is 1.50 bits per heavy atom. The summed E-state index contributed by atoms with van der Waals surface area (Å²) in [6.07, 6.45) is 11.9. The first-order valence-electron chi connectivity index (χ1n) is 10.5. The largest absolute Gasteiger partial charge is 0.319 e. The minimum Gasteiger partial charge on any atom is -0.319 e. The number of rotatable bonds is 3. The third-order valence-corrected chi connectivity index (χ3v) is 6.09. The number of aromatic nitrogens is 3. The number of likely N-dealkylation sites (N-methyl/N-ethyl adjacent to an activating group) is 1. The monoisotopic (exact) mass is 394 g/mol. The van der Waals surface area contributed by atoms with Gasteiger partial charge in [0.2, 0.25) is 0 Å². The molecule has 0 atom stereocenters. The van der Waals surface area contributed by atoms with Crippen LogP contribution in [-0.2, 0) is 12.8 Å². The standard InChI is InChI=1S/C26H26N4/c1-19-3-4-25-23(17-19)22-9-15-29(2)16-10-26(22)30(25)18-24(20-5-11-27-12-6-20)21-7-13-28-14-8-21/h3-8,11-14,17-18H,9-10,15-16H2,1-2H3. The van der Waals surface area contributed by atoms with E-state index in [0.717, 1.165) is 37.1 Å². The number of fused-ring (bicyclic) bond motifs is 3. The Bertz CT molecular complexity index is 1160. The van der Waals surface area contributed by atoms with Crippen LogP contribution in [0.15, 0.2) is 67.3 Å². The average Bonchev–Trinajstić information content (AvgIpc) is 2.92. The third kappa shape index (κ3) is 3.44. The molecule has 4 nitrogen and oxygen atoms in total. The minimum atomic E-state index is 1.05. The Balaban J connectivity index is 1.78. The predicted molar refractivity (Wildman–Crippen MR) is 123 cm³/mol. The van der Waals surface area contributed by atoms with Gasteiger partial charge in [-0.2, -0.15) is 0 Å². The molecule has 0 saturated heterocycles. The summed E-state index contributed by atoms with van der Waals surface area (Å²) >= 11 is 0. The van der Waals surface area contributed by atoms with Gasteiger partial charge in [-0.15, -0.1) is 0 Å². The summed E-state index contributed by atoms with van der Waals surface area (Å²) in [4.78, 5) is 10.9. The average molecular weight is 395 g/mol. The lowest BCUT2D eigenvalue weighted by atomic mass is 10.0. The SMILES string of the molecule is Cc1ccc2c(c1)c1c(n2C=C(c2ccncc2)c2ccncc2)CCN(C)CC1. The highest BCUT2D eigenvalue weighted by Crippen LogP contribution is 2.33. The molecule has 0 bridgehead atoms. The highest BCUT2D eigenvalue weighted by atomic mass is 15.1. The van der Waals surface area contributed by atoms with Gasteiger partial charge in [-0.05, 0) is 73.5 Å². The first kappa shape index (κ1) is 18.8. The van der Waals surface area contributed by atoms with Crippen LogP contribution in [0.2, 0.25) is 0 Å². The van der Waals surface area contributed by atoms with E-state index in [9.17, 15) is 0 Å². The summed E-state index contributed by atoms with van der Waals surface area (Å²) in [6, 6.07) is 15.2. The van der Waals surface area contributed by atoms with Crippen molar-refractivity contribution in [2.75, 3.05) is 20.1 Å². The van der Waals surface area contributed by atoms with Crippen molar-refractivity contribution in [1.82, 2.24) is 19.4 Å². The van der Waals surface area contributed by atoms with Crippen LogP contribution in [0.3, 0.4) is 0 Å². The molecule has 0 amide bonds. The Kier molecular flexibility index (Phi) is 4.93. The van der Waals surface area contributed by atoms with Crippen molar-refractivity contribution in [2.45, 2.75) is 19.8 Å². The highest BCUT2D eigenvalue weighted by Gasteiger charge is 2.20. The van der Waals surface area contributed by atoms with Gasteiger partial charge in [-0.25, -0.2) is 0 Å². The van der Waals surface area contributed by atoms with Gasteiger partial charge in [0, 0.05) is 67.2 Å². The van der Waals surface area contributed by atoms with Gasteiger partial charge < -0.3 is 9.47 Å². The number of hydrogen-bond acceptors (Lipinski definition) is 3. The molecule has 1 aliphatic heterocycles. The molecule has 150 valence electrons. The van der Waals surface area contributed by atoms with Crippen molar-refractivity contribution in [3.05, 3.63) is 95.2 Å². The number of pyridine rings is 2. The lowest BCUT2D eigenvalue weighted by Crippen LogP contribution is -2.21. The molecule has 0 radical (unpaired) electrons. The topological polar surface area (TPSA) is 34.0 Å². The van der Waals surface area contributed by atoms with E-state index in [0.29, 0.717) is 0 Å². The van der Waals surface area contributed by atoms with E-state index in [1.807, 2.05) is 24.8 Å². The van der Waals surface area contributed by atoms with Crippen LogP contribution >= 0.6 is 0 Å². The van der Waals surface area contributed by atoms with Gasteiger partial charge >= 0.3 is 0 Å². The molecule has 4 heterocycles. The summed E-state index contributed by atoms with van der Waals surface area (Å²) in [7, 11) is 2.22. The van der Waals surface area contributed by atoms with E-state index in [2.05, 4.69) is 82.1 Å². The van der Waals surface area contributed by atoms with Gasteiger partial charge in [0.15, 0.2) is 0 Å². The number of aryl methyl sites for hydroxylation is 1. The maximum absolute atomic E-state index is 4.22. The van der Waals surface area contributed by atoms with E-state index in [-0.39, 0.29) is 0 Å². The Hall–Kier alpha value is -3.24. The molecular weight excluding hydrogens is 368 g/mol. The zero-order valence-corrected chi connectivity index (χ0v) is 17.5. The van der Waals surface area contributed by atoms with Crippen molar-refractivity contribution in [3.8, 4) is 0 Å². The molecule has 4 aromatic rings. The lowest BCUT2D eigenvalue weighted by molar-refractivity contribution is 0.351. The first-order valence-corrected chi connectivity index (χ1v) is 10.5. The van der Waals surface area contributed by atoms with Crippen LogP contribution in [0.4, 0.5) is 0 Å². The second-order valence-electron chi connectivity index (χ2n) is 8.13.